The lowest BCUT2D eigenvalue weighted by atomic mass is 9.44. The molecule has 0 aromatic carbocycles. The molecule has 1 heteroatoms. The predicted molar refractivity (Wildman–Crippen MR) is 31.7 cm³/mol. The number of fused-ring (bicyclic) bond motifs is 1. The van der Waals surface area contributed by atoms with Crippen molar-refractivity contribution in [2.24, 2.45) is 5.41 Å². The maximum Gasteiger partial charge on any atom is 0.118 e. The Morgan fingerprint density at radius 3 is 2.43 bits per heavy atom. The Morgan fingerprint density at radius 2 is 2.43 bits per heavy atom. The van der Waals surface area contributed by atoms with Gasteiger partial charge in [-0.3, -0.25) is 0 Å². The Bertz CT molecular complexity index is 109. The maximum absolute atomic E-state index is 2.47. The van der Waals surface area contributed by atoms with Gasteiger partial charge >= 0.3 is 0 Å². The van der Waals surface area contributed by atoms with E-state index in [-0.39, 0.29) is 0 Å². The first-order valence-corrected chi connectivity index (χ1v) is 3.08. The second kappa shape index (κ2) is 0.786. The van der Waals surface area contributed by atoms with Crippen LogP contribution in [0.3, 0.4) is 0 Å². The van der Waals surface area contributed by atoms with Crippen LogP contribution in [0.15, 0.2) is 0 Å². The fraction of sp³-hybridized carbons (Fsp3) is 1.00. The molecule has 7 heavy (non-hydrogen) atoms. The molecule has 1 aliphatic heterocycles. The molecule has 3 atom stereocenters. The largest absolute Gasteiger partial charge is 0.118 e. The Balaban J connectivity index is 2.17. The molecule has 2 rings (SSSR count). The van der Waals surface area contributed by atoms with Crippen molar-refractivity contribution in [1.29, 1.82) is 0 Å². The van der Waals surface area contributed by atoms with Gasteiger partial charge in [-0.15, -0.1) is 0 Å². The minimum atomic E-state index is 0.792. The molecule has 0 spiro atoms. The van der Waals surface area contributed by atoms with Crippen molar-refractivity contribution < 1.29 is 0 Å². The van der Waals surface area contributed by atoms with E-state index in [0.29, 0.717) is 0 Å². The topological polar surface area (TPSA) is 0 Å². The third-order valence-electron chi connectivity index (χ3n) is 2.91. The summed E-state index contributed by atoms with van der Waals surface area (Å²) in [6.07, 6.45) is 1.48. The zero-order chi connectivity index (χ0) is 5.07. The normalized spacial score (nSPS) is 64.9. The van der Waals surface area contributed by atoms with Gasteiger partial charge in [0.05, 0.1) is 0 Å². The van der Waals surface area contributed by atoms with Crippen LogP contribution in [0.2, 0.25) is 11.6 Å². The van der Waals surface area contributed by atoms with Crippen molar-refractivity contribution in [2.45, 2.75) is 31.9 Å². The quantitative estimate of drug-likeness (QED) is 0.400. The van der Waals surface area contributed by atoms with E-state index in [1.807, 2.05) is 0 Å². The van der Waals surface area contributed by atoms with Crippen LogP contribution < -0.4 is 0 Å². The first-order valence-electron chi connectivity index (χ1n) is 3.08. The van der Waals surface area contributed by atoms with Gasteiger partial charge in [-0.25, -0.2) is 0 Å². The second-order valence-corrected chi connectivity index (χ2v) is 3.30. The molecule has 1 heterocycles. The van der Waals surface area contributed by atoms with Crippen LogP contribution in [0.4, 0.5) is 0 Å². The fourth-order valence-electron chi connectivity index (χ4n) is 1.68. The third-order valence-corrected chi connectivity index (χ3v) is 2.91. The van der Waals surface area contributed by atoms with E-state index in [0.717, 1.165) is 17.0 Å². The van der Waals surface area contributed by atoms with E-state index in [1.54, 1.807) is 0 Å². The number of rotatable bonds is 0. The summed E-state index contributed by atoms with van der Waals surface area (Å²) < 4.78 is 0. The van der Waals surface area contributed by atoms with Crippen molar-refractivity contribution in [1.82, 2.24) is 0 Å². The van der Waals surface area contributed by atoms with Crippen molar-refractivity contribution in [3.05, 3.63) is 0 Å². The molecule has 3 unspecified atom stereocenters. The summed E-state index contributed by atoms with van der Waals surface area (Å²) in [5.74, 6) is 1.96. The van der Waals surface area contributed by atoms with Crippen LogP contribution in [-0.4, -0.2) is 7.28 Å². The highest BCUT2D eigenvalue weighted by Crippen LogP contribution is 2.73. The van der Waals surface area contributed by atoms with Crippen LogP contribution in [0.25, 0.3) is 0 Å². The number of hydrogen-bond donors (Lipinski definition) is 0. The third kappa shape index (κ3) is 0.276. The Morgan fingerprint density at radius 1 is 1.71 bits per heavy atom. The highest BCUT2D eigenvalue weighted by atomic mass is 14.6. The summed E-state index contributed by atoms with van der Waals surface area (Å²) in [6, 6.07) is 0. The summed E-state index contributed by atoms with van der Waals surface area (Å²) >= 11 is 0. The molecule has 0 N–H and O–H groups in total. The van der Waals surface area contributed by atoms with Crippen molar-refractivity contribution in [3.8, 4) is 0 Å². The molecule has 0 nitrogen and oxygen atoms in total. The van der Waals surface area contributed by atoms with Crippen molar-refractivity contribution >= 4 is 7.28 Å². The average Bonchev–Trinajstić information content (AvgIpc) is 2.13. The van der Waals surface area contributed by atoms with Crippen LogP contribution in [0.5, 0.6) is 0 Å². The van der Waals surface area contributed by atoms with Crippen LogP contribution >= 0.6 is 0 Å². The fourth-order valence-corrected chi connectivity index (χ4v) is 1.68. The molecule has 37 valence electrons. The van der Waals surface area contributed by atoms with Crippen molar-refractivity contribution in [3.63, 3.8) is 0 Å². The molecule has 1 radical (unpaired) electrons. The number of hydrogen-bond acceptors (Lipinski definition) is 0. The zero-order valence-corrected chi connectivity index (χ0v) is 4.94. The molecule has 0 aromatic heterocycles. The van der Waals surface area contributed by atoms with Gasteiger partial charge in [0.2, 0.25) is 0 Å². The van der Waals surface area contributed by atoms with Gasteiger partial charge in [0.1, 0.15) is 7.28 Å². The summed E-state index contributed by atoms with van der Waals surface area (Å²) in [4.78, 5) is 0. The summed E-state index contributed by atoms with van der Waals surface area (Å²) in [5, 5.41) is 0. The Kier molecular flexibility index (Phi) is 0.449. The molecule has 1 saturated heterocycles. The van der Waals surface area contributed by atoms with Gasteiger partial charge < -0.3 is 0 Å². The van der Waals surface area contributed by atoms with Gasteiger partial charge in [0.15, 0.2) is 0 Å². The Labute approximate surface area is 45.5 Å². The SMILES string of the molecule is CC1[B]C2CC12C. The van der Waals surface area contributed by atoms with E-state index in [1.165, 1.54) is 6.42 Å². The first kappa shape index (κ1) is 4.00. The molecule has 2 aliphatic rings. The molecule has 0 aromatic rings. The minimum absolute atomic E-state index is 0.792. The van der Waals surface area contributed by atoms with E-state index in [2.05, 4.69) is 21.1 Å². The molecule has 0 bridgehead atoms. The lowest BCUT2D eigenvalue weighted by Crippen LogP contribution is -2.22. The average molecular weight is 93.0 g/mol. The van der Waals surface area contributed by atoms with E-state index in [4.69, 9.17) is 0 Å². The molecular formula is C6H10B. The molecule has 1 saturated carbocycles. The maximum atomic E-state index is 2.47. The van der Waals surface area contributed by atoms with Gasteiger partial charge in [0.25, 0.3) is 0 Å². The Hall–Kier alpha value is 0.0649. The molecule has 1 aliphatic carbocycles. The van der Waals surface area contributed by atoms with E-state index >= 15 is 0 Å². The van der Waals surface area contributed by atoms with Gasteiger partial charge in [-0.1, -0.05) is 31.9 Å². The molecule has 2 fully saturated rings. The van der Waals surface area contributed by atoms with Gasteiger partial charge in [0, 0.05) is 0 Å². The highest BCUT2D eigenvalue weighted by Gasteiger charge is 2.62. The monoisotopic (exact) mass is 93.1 g/mol. The lowest BCUT2D eigenvalue weighted by Gasteiger charge is -2.28. The van der Waals surface area contributed by atoms with Crippen molar-refractivity contribution in [2.75, 3.05) is 0 Å². The lowest BCUT2D eigenvalue weighted by molar-refractivity contribution is 0.503. The minimum Gasteiger partial charge on any atom is -0.0692 e. The van der Waals surface area contributed by atoms with Gasteiger partial charge in [-0.2, -0.15) is 0 Å². The summed E-state index contributed by atoms with van der Waals surface area (Å²) in [6.45, 7) is 4.71. The van der Waals surface area contributed by atoms with E-state index < -0.39 is 0 Å². The molecule has 0 amide bonds. The van der Waals surface area contributed by atoms with Crippen LogP contribution in [-0.2, 0) is 0 Å². The van der Waals surface area contributed by atoms with Crippen LogP contribution in [0, 0.1) is 5.41 Å². The summed E-state index contributed by atoms with van der Waals surface area (Å²) in [5.41, 5.74) is 0.792. The van der Waals surface area contributed by atoms with E-state index in [9.17, 15) is 0 Å². The molecular weight excluding hydrogens is 82.9 g/mol. The second-order valence-electron chi connectivity index (χ2n) is 3.30. The standard InChI is InChI=1S/C6H10B/c1-4-6(2)3-5(6)7-4/h4-5H,3H2,1-2H3. The summed E-state index contributed by atoms with van der Waals surface area (Å²) in [7, 11) is 2.47. The predicted octanol–water partition coefficient (Wildman–Crippen LogP) is 1.71. The van der Waals surface area contributed by atoms with Crippen LogP contribution in [0.1, 0.15) is 20.3 Å². The smallest absolute Gasteiger partial charge is 0.0692 e. The van der Waals surface area contributed by atoms with Gasteiger partial charge in [-0.05, 0) is 5.41 Å². The first-order chi connectivity index (χ1) is 3.23. The highest BCUT2D eigenvalue weighted by molar-refractivity contribution is 6.47. The zero-order valence-electron chi connectivity index (χ0n) is 4.94.